The van der Waals surface area contributed by atoms with E-state index in [1.165, 1.54) is 0 Å². The van der Waals surface area contributed by atoms with Crippen LogP contribution in [0.5, 0.6) is 5.75 Å². The van der Waals surface area contributed by atoms with Gasteiger partial charge < -0.3 is 15.6 Å². The Balaban J connectivity index is 2.05. The first-order valence-corrected chi connectivity index (χ1v) is 6.39. The summed E-state index contributed by atoms with van der Waals surface area (Å²) in [7, 11) is 1.64. The number of aliphatic hydroxyl groups is 1. The topological polar surface area (TPSA) is 55.5 Å². The van der Waals surface area contributed by atoms with E-state index in [1.807, 2.05) is 42.5 Å². The maximum absolute atomic E-state index is 11.0. The summed E-state index contributed by atoms with van der Waals surface area (Å²) in [5, 5.41) is 11.0. The number of fused-ring (bicyclic) bond motifs is 1. The number of rotatable bonds is 2. The molecule has 0 aliphatic heterocycles. The van der Waals surface area contributed by atoms with Crippen molar-refractivity contribution in [2.24, 2.45) is 0 Å². The van der Waals surface area contributed by atoms with Crippen LogP contribution in [0.15, 0.2) is 42.5 Å². The number of hydrogen-bond acceptors (Lipinski definition) is 3. The number of anilines is 1. The molecule has 3 heteroatoms. The van der Waals surface area contributed by atoms with Crippen molar-refractivity contribution >= 4 is 5.69 Å². The molecular formula is C16H17NO2. The minimum absolute atomic E-state index is 0.693. The van der Waals surface area contributed by atoms with E-state index in [2.05, 4.69) is 0 Å². The summed E-state index contributed by atoms with van der Waals surface area (Å²) >= 11 is 0. The molecule has 0 spiro atoms. The zero-order valence-corrected chi connectivity index (χ0v) is 10.9. The molecule has 0 amide bonds. The zero-order chi connectivity index (χ0) is 13.5. The molecule has 2 aromatic rings. The molecule has 3 nitrogen and oxygen atoms in total. The van der Waals surface area contributed by atoms with Crippen LogP contribution in [0, 0.1) is 0 Å². The minimum Gasteiger partial charge on any atom is -0.497 e. The van der Waals surface area contributed by atoms with E-state index in [0.717, 1.165) is 34.5 Å². The van der Waals surface area contributed by atoms with Crippen molar-refractivity contribution in [2.75, 3.05) is 12.8 Å². The molecule has 0 bridgehead atoms. The molecule has 98 valence electrons. The van der Waals surface area contributed by atoms with E-state index in [9.17, 15) is 5.11 Å². The van der Waals surface area contributed by atoms with Gasteiger partial charge in [-0.3, -0.25) is 0 Å². The Kier molecular flexibility index (Phi) is 2.72. The van der Waals surface area contributed by atoms with Gasteiger partial charge in [0.25, 0.3) is 0 Å². The summed E-state index contributed by atoms with van der Waals surface area (Å²) in [5.74, 6) is 0.794. The van der Waals surface area contributed by atoms with Crippen LogP contribution in [0.4, 0.5) is 5.69 Å². The number of benzene rings is 2. The van der Waals surface area contributed by atoms with Crippen LogP contribution in [0.1, 0.15) is 23.1 Å². The third-order valence-corrected chi connectivity index (χ3v) is 3.90. The average molecular weight is 255 g/mol. The van der Waals surface area contributed by atoms with E-state index in [0.29, 0.717) is 6.42 Å². The number of hydrogen-bond donors (Lipinski definition) is 2. The van der Waals surface area contributed by atoms with E-state index in [1.54, 1.807) is 7.11 Å². The fraction of sp³-hybridized carbons (Fsp3) is 0.250. The summed E-state index contributed by atoms with van der Waals surface area (Å²) in [4.78, 5) is 0. The maximum atomic E-state index is 11.0. The Morgan fingerprint density at radius 3 is 2.58 bits per heavy atom. The van der Waals surface area contributed by atoms with E-state index in [4.69, 9.17) is 10.5 Å². The number of ether oxygens (including phenoxy) is 1. The van der Waals surface area contributed by atoms with E-state index >= 15 is 0 Å². The molecule has 0 radical (unpaired) electrons. The molecule has 0 saturated carbocycles. The van der Waals surface area contributed by atoms with Gasteiger partial charge in [-0.25, -0.2) is 0 Å². The van der Waals surface area contributed by atoms with Crippen LogP contribution >= 0.6 is 0 Å². The Labute approximate surface area is 112 Å². The fourth-order valence-corrected chi connectivity index (χ4v) is 2.84. The van der Waals surface area contributed by atoms with Gasteiger partial charge in [-0.15, -0.1) is 0 Å². The van der Waals surface area contributed by atoms with Crippen LogP contribution in [0.3, 0.4) is 0 Å². The van der Waals surface area contributed by atoms with E-state index in [-0.39, 0.29) is 0 Å². The second-order valence-electron chi connectivity index (χ2n) is 5.01. The quantitative estimate of drug-likeness (QED) is 0.810. The van der Waals surface area contributed by atoms with Crippen molar-refractivity contribution in [3.63, 3.8) is 0 Å². The molecule has 0 fully saturated rings. The lowest BCUT2D eigenvalue weighted by Gasteiger charge is -2.25. The highest BCUT2D eigenvalue weighted by Gasteiger charge is 2.38. The third kappa shape index (κ3) is 1.87. The number of nitrogen functional groups attached to an aromatic ring is 1. The minimum atomic E-state index is -0.907. The predicted molar refractivity (Wildman–Crippen MR) is 75.2 cm³/mol. The highest BCUT2D eigenvalue weighted by Crippen LogP contribution is 2.42. The van der Waals surface area contributed by atoms with Gasteiger partial charge in [0.15, 0.2) is 0 Å². The average Bonchev–Trinajstić information content (AvgIpc) is 2.77. The third-order valence-electron chi connectivity index (χ3n) is 3.90. The monoisotopic (exact) mass is 255 g/mol. The van der Waals surface area contributed by atoms with Crippen molar-refractivity contribution < 1.29 is 9.84 Å². The van der Waals surface area contributed by atoms with E-state index < -0.39 is 5.60 Å². The van der Waals surface area contributed by atoms with Gasteiger partial charge in [0.05, 0.1) is 7.11 Å². The first-order valence-electron chi connectivity index (χ1n) is 6.39. The van der Waals surface area contributed by atoms with Crippen molar-refractivity contribution in [1.82, 2.24) is 0 Å². The fourth-order valence-electron chi connectivity index (χ4n) is 2.84. The normalized spacial score (nSPS) is 21.2. The Morgan fingerprint density at radius 2 is 1.89 bits per heavy atom. The zero-order valence-electron chi connectivity index (χ0n) is 10.9. The van der Waals surface area contributed by atoms with Gasteiger partial charge in [0.1, 0.15) is 11.4 Å². The highest BCUT2D eigenvalue weighted by molar-refractivity contribution is 5.52. The lowest BCUT2D eigenvalue weighted by molar-refractivity contribution is 0.0829. The molecule has 0 saturated heterocycles. The van der Waals surface area contributed by atoms with Crippen molar-refractivity contribution in [3.8, 4) is 5.75 Å². The van der Waals surface area contributed by atoms with Gasteiger partial charge in [-0.2, -0.15) is 0 Å². The molecule has 1 unspecified atom stereocenters. The predicted octanol–water partition coefficient (Wildman–Crippen LogP) is 2.46. The highest BCUT2D eigenvalue weighted by atomic mass is 16.5. The summed E-state index contributed by atoms with van der Waals surface area (Å²) in [6.45, 7) is 0. The van der Waals surface area contributed by atoms with Crippen LogP contribution in [0.25, 0.3) is 0 Å². The van der Waals surface area contributed by atoms with Crippen LogP contribution in [-0.4, -0.2) is 12.2 Å². The molecular weight excluding hydrogens is 238 g/mol. The van der Waals surface area contributed by atoms with Crippen molar-refractivity contribution in [1.29, 1.82) is 0 Å². The molecule has 19 heavy (non-hydrogen) atoms. The van der Waals surface area contributed by atoms with Gasteiger partial charge in [0.2, 0.25) is 0 Å². The largest absolute Gasteiger partial charge is 0.497 e. The van der Waals surface area contributed by atoms with Gasteiger partial charge in [-0.1, -0.05) is 18.2 Å². The molecule has 0 heterocycles. The first kappa shape index (κ1) is 12.1. The Bertz CT molecular complexity index is 607. The van der Waals surface area contributed by atoms with Crippen LogP contribution in [0.2, 0.25) is 0 Å². The maximum Gasteiger partial charge on any atom is 0.118 e. The second kappa shape index (κ2) is 4.28. The van der Waals surface area contributed by atoms with Crippen molar-refractivity contribution in [2.45, 2.75) is 18.4 Å². The molecule has 3 rings (SSSR count). The van der Waals surface area contributed by atoms with Crippen LogP contribution < -0.4 is 10.5 Å². The lowest BCUT2D eigenvalue weighted by atomic mass is 9.88. The van der Waals surface area contributed by atoms with Crippen LogP contribution in [-0.2, 0) is 12.0 Å². The second-order valence-corrected chi connectivity index (χ2v) is 5.01. The number of methoxy groups -OCH3 is 1. The summed E-state index contributed by atoms with van der Waals surface area (Å²) in [5.41, 5.74) is 8.64. The van der Waals surface area contributed by atoms with Gasteiger partial charge in [-0.05, 0) is 53.8 Å². The Morgan fingerprint density at radius 1 is 1.16 bits per heavy atom. The summed E-state index contributed by atoms with van der Waals surface area (Å²) in [6.07, 6.45) is 1.54. The smallest absolute Gasteiger partial charge is 0.118 e. The van der Waals surface area contributed by atoms with Gasteiger partial charge >= 0.3 is 0 Å². The number of nitrogens with two attached hydrogens (primary N) is 1. The molecule has 0 aromatic heterocycles. The molecule has 1 aliphatic carbocycles. The first-order chi connectivity index (χ1) is 9.13. The molecule has 1 aliphatic rings. The molecule has 1 atom stereocenters. The van der Waals surface area contributed by atoms with Crippen molar-refractivity contribution in [3.05, 3.63) is 59.2 Å². The lowest BCUT2D eigenvalue weighted by Crippen LogP contribution is -2.23. The summed E-state index contributed by atoms with van der Waals surface area (Å²) < 4.78 is 5.15. The summed E-state index contributed by atoms with van der Waals surface area (Å²) in [6, 6.07) is 13.3. The van der Waals surface area contributed by atoms with Gasteiger partial charge in [0, 0.05) is 5.69 Å². The standard InChI is InChI=1S/C16H17NO2/c1-19-14-5-2-12(3-6-14)16(18)9-8-11-10-13(17)4-7-15(11)16/h2-7,10,18H,8-9,17H2,1H3. The SMILES string of the molecule is COc1ccc(C2(O)CCc3cc(N)ccc32)cc1. The number of aryl methyl sites for hydroxylation is 1. The Hall–Kier alpha value is -2.00. The molecule has 3 N–H and O–H groups in total. The molecule has 2 aromatic carbocycles.